The summed E-state index contributed by atoms with van der Waals surface area (Å²) < 4.78 is 3.96. The number of amides is 1. The van der Waals surface area contributed by atoms with Gasteiger partial charge in [-0.05, 0) is 53.6 Å². The number of benzene rings is 1. The van der Waals surface area contributed by atoms with E-state index < -0.39 is 0 Å². The molecule has 5 rings (SSSR count). The Morgan fingerprint density at radius 2 is 2.07 bits per heavy atom. The summed E-state index contributed by atoms with van der Waals surface area (Å²) in [5.74, 6) is 1.89. The molecule has 2 N–H and O–H groups in total. The molecule has 1 amide bonds. The molecule has 0 saturated carbocycles. The average Bonchev–Trinajstić information content (AvgIpc) is 3.32. The minimum atomic E-state index is 0.0877. The number of nitrogens with zero attached hydrogens (tertiary/aromatic N) is 5. The van der Waals surface area contributed by atoms with E-state index in [2.05, 4.69) is 32.6 Å². The van der Waals surface area contributed by atoms with Crippen molar-refractivity contribution in [2.45, 2.75) is 18.8 Å². The molecule has 4 heterocycles. The minimum absolute atomic E-state index is 0.0877. The topological polar surface area (TPSA) is 89.4 Å². The van der Waals surface area contributed by atoms with Crippen LogP contribution >= 0.6 is 33.9 Å². The van der Waals surface area contributed by atoms with E-state index in [0.29, 0.717) is 11.7 Å². The molecule has 1 fully saturated rings. The number of carbonyl (C=O) groups is 1. The van der Waals surface area contributed by atoms with E-state index in [9.17, 15) is 4.79 Å². The van der Waals surface area contributed by atoms with Crippen LogP contribution in [0.5, 0.6) is 0 Å². The zero-order valence-corrected chi connectivity index (χ0v) is 17.9. The summed E-state index contributed by atoms with van der Waals surface area (Å²) in [7, 11) is 0. The molecule has 4 aromatic rings. The fraction of sp³-hybridized carbons (Fsp3) is 0.263. The molecule has 0 bridgehead atoms. The van der Waals surface area contributed by atoms with E-state index >= 15 is 0 Å². The first-order chi connectivity index (χ1) is 13.6. The first-order valence-corrected chi connectivity index (χ1v) is 11.0. The van der Waals surface area contributed by atoms with Crippen molar-refractivity contribution in [2.24, 2.45) is 0 Å². The summed E-state index contributed by atoms with van der Waals surface area (Å²) in [5.41, 5.74) is 10.4. The van der Waals surface area contributed by atoms with Gasteiger partial charge in [0.05, 0.1) is 15.7 Å². The number of nitrogens with two attached hydrogens (primary N) is 1. The van der Waals surface area contributed by atoms with Gasteiger partial charge in [0.15, 0.2) is 5.82 Å². The Morgan fingerprint density at radius 3 is 2.89 bits per heavy atom. The lowest BCUT2D eigenvalue weighted by atomic mass is 9.95. The molecular formula is C19H17IN6OS. The van der Waals surface area contributed by atoms with E-state index in [4.69, 9.17) is 10.7 Å². The third-order valence-corrected chi connectivity index (χ3v) is 6.84. The number of hydrogen-bond donors (Lipinski definition) is 1. The average molecular weight is 504 g/mol. The minimum Gasteiger partial charge on any atom is -0.382 e. The molecule has 0 atom stereocenters. The number of thiazole rings is 1. The summed E-state index contributed by atoms with van der Waals surface area (Å²) in [6.07, 6.45) is 5.38. The van der Waals surface area contributed by atoms with Crippen LogP contribution in [0.4, 0.5) is 5.82 Å². The van der Waals surface area contributed by atoms with E-state index in [-0.39, 0.29) is 5.91 Å². The lowest BCUT2D eigenvalue weighted by Gasteiger charge is -2.31. The largest absolute Gasteiger partial charge is 0.382 e. The van der Waals surface area contributed by atoms with Crippen molar-refractivity contribution in [3.8, 4) is 0 Å². The van der Waals surface area contributed by atoms with Crippen LogP contribution in [0.1, 0.15) is 34.9 Å². The molecule has 142 valence electrons. The van der Waals surface area contributed by atoms with Crippen LogP contribution in [0.3, 0.4) is 0 Å². The quantitative estimate of drug-likeness (QED) is 0.422. The Hall–Kier alpha value is -2.27. The van der Waals surface area contributed by atoms with Crippen LogP contribution in [0, 0.1) is 3.70 Å². The summed E-state index contributed by atoms with van der Waals surface area (Å²) in [4.78, 5) is 28.1. The number of carbonyl (C=O) groups excluding carboxylic acids is 1. The zero-order chi connectivity index (χ0) is 19.3. The Labute approximate surface area is 178 Å². The Kier molecular flexibility index (Phi) is 4.43. The first kappa shape index (κ1) is 17.8. The van der Waals surface area contributed by atoms with Gasteiger partial charge in [0.25, 0.3) is 5.91 Å². The van der Waals surface area contributed by atoms with Crippen LogP contribution in [0.2, 0.25) is 0 Å². The molecule has 9 heteroatoms. The van der Waals surface area contributed by atoms with E-state index in [1.807, 2.05) is 39.2 Å². The van der Waals surface area contributed by atoms with Crippen molar-refractivity contribution in [2.75, 3.05) is 18.8 Å². The Morgan fingerprint density at radius 1 is 1.25 bits per heavy atom. The van der Waals surface area contributed by atoms with Gasteiger partial charge in [-0.1, -0.05) is 0 Å². The third kappa shape index (κ3) is 2.93. The van der Waals surface area contributed by atoms with Crippen LogP contribution in [0.25, 0.3) is 15.7 Å². The second-order valence-corrected chi connectivity index (χ2v) is 8.80. The molecule has 1 aliphatic heterocycles. The highest BCUT2D eigenvalue weighted by atomic mass is 127. The number of fused-ring (bicyclic) bond motifs is 2. The predicted octanol–water partition coefficient (Wildman–Crippen LogP) is 3.55. The van der Waals surface area contributed by atoms with Crippen LogP contribution in [-0.4, -0.2) is 43.2 Å². The molecule has 3 aromatic heterocycles. The van der Waals surface area contributed by atoms with Gasteiger partial charge in [0.1, 0.15) is 15.0 Å². The van der Waals surface area contributed by atoms with Gasteiger partial charge >= 0.3 is 0 Å². The maximum Gasteiger partial charge on any atom is 0.253 e. The SMILES string of the molecule is Nc1nccn2c(C3CCN(C(=O)c4ccc5ncsc5c4)CC3)nc(I)c12. The number of nitrogen functional groups attached to an aromatic ring is 1. The monoisotopic (exact) mass is 504 g/mol. The van der Waals surface area contributed by atoms with Crippen molar-refractivity contribution in [1.82, 2.24) is 24.3 Å². The van der Waals surface area contributed by atoms with Gasteiger partial charge in [-0.15, -0.1) is 11.3 Å². The van der Waals surface area contributed by atoms with Gasteiger partial charge in [-0.25, -0.2) is 15.0 Å². The third-order valence-electron chi connectivity index (χ3n) is 5.29. The van der Waals surface area contributed by atoms with Crippen LogP contribution in [0.15, 0.2) is 36.1 Å². The molecule has 1 saturated heterocycles. The first-order valence-electron chi connectivity index (χ1n) is 9.02. The van der Waals surface area contributed by atoms with Crippen molar-refractivity contribution < 1.29 is 4.79 Å². The van der Waals surface area contributed by atoms with Crippen LogP contribution < -0.4 is 5.73 Å². The normalized spacial score (nSPS) is 15.5. The summed E-state index contributed by atoms with van der Waals surface area (Å²) in [6.45, 7) is 1.44. The molecule has 0 spiro atoms. The number of aromatic nitrogens is 4. The maximum atomic E-state index is 12.9. The van der Waals surface area contributed by atoms with Crippen molar-refractivity contribution in [1.29, 1.82) is 0 Å². The highest BCUT2D eigenvalue weighted by molar-refractivity contribution is 14.1. The molecule has 1 aliphatic rings. The van der Waals surface area contributed by atoms with Gasteiger partial charge in [-0.3, -0.25) is 9.20 Å². The smallest absolute Gasteiger partial charge is 0.253 e. The summed E-state index contributed by atoms with van der Waals surface area (Å²) in [6, 6.07) is 5.74. The second-order valence-electron chi connectivity index (χ2n) is 6.89. The lowest BCUT2D eigenvalue weighted by molar-refractivity contribution is 0.0711. The zero-order valence-electron chi connectivity index (χ0n) is 14.9. The summed E-state index contributed by atoms with van der Waals surface area (Å²) in [5, 5.41) is 0. The maximum absolute atomic E-state index is 12.9. The van der Waals surface area contributed by atoms with E-state index in [1.54, 1.807) is 17.5 Å². The fourth-order valence-electron chi connectivity index (χ4n) is 3.84. The number of imidazole rings is 1. The second kappa shape index (κ2) is 6.96. The molecular weight excluding hydrogens is 487 g/mol. The standard InChI is InChI=1S/C19H17IN6OS/c20-16-15-17(21)22-5-8-26(15)18(24-16)11-3-6-25(7-4-11)19(27)12-1-2-13-14(9-12)28-10-23-13/h1-2,5,8-11H,3-4,6-7H2,(H2,21,22). The van der Waals surface area contributed by atoms with E-state index in [0.717, 1.165) is 56.8 Å². The number of halogens is 1. The van der Waals surface area contributed by atoms with Gasteiger partial charge in [-0.2, -0.15) is 0 Å². The highest BCUT2D eigenvalue weighted by Gasteiger charge is 2.28. The van der Waals surface area contributed by atoms with E-state index in [1.165, 1.54) is 0 Å². The predicted molar refractivity (Wildman–Crippen MR) is 118 cm³/mol. The fourth-order valence-corrected chi connectivity index (χ4v) is 5.34. The van der Waals surface area contributed by atoms with Gasteiger partial charge < -0.3 is 10.6 Å². The number of hydrogen-bond acceptors (Lipinski definition) is 6. The number of piperidine rings is 1. The van der Waals surface area contributed by atoms with Crippen molar-refractivity contribution in [3.63, 3.8) is 0 Å². The summed E-state index contributed by atoms with van der Waals surface area (Å²) >= 11 is 3.77. The lowest BCUT2D eigenvalue weighted by Crippen LogP contribution is -2.38. The van der Waals surface area contributed by atoms with Gasteiger partial charge in [0.2, 0.25) is 0 Å². The van der Waals surface area contributed by atoms with Crippen molar-refractivity contribution >= 4 is 61.4 Å². The Bertz CT molecular complexity index is 1190. The van der Waals surface area contributed by atoms with Crippen molar-refractivity contribution in [3.05, 3.63) is 51.2 Å². The number of anilines is 1. The van der Waals surface area contributed by atoms with Gasteiger partial charge in [0, 0.05) is 37.0 Å². The molecule has 0 radical (unpaired) electrons. The number of rotatable bonds is 2. The molecule has 7 nitrogen and oxygen atoms in total. The molecule has 28 heavy (non-hydrogen) atoms. The molecule has 0 unspecified atom stereocenters. The Balaban J connectivity index is 1.35. The number of likely N-dealkylation sites (tertiary alicyclic amines) is 1. The molecule has 1 aromatic carbocycles. The molecule has 0 aliphatic carbocycles. The van der Waals surface area contributed by atoms with Crippen LogP contribution in [-0.2, 0) is 0 Å². The highest BCUT2D eigenvalue weighted by Crippen LogP contribution is 2.31.